The lowest BCUT2D eigenvalue weighted by atomic mass is 10.4. The third-order valence-corrected chi connectivity index (χ3v) is 3.62. The van der Waals surface area contributed by atoms with Crippen molar-refractivity contribution in [3.8, 4) is 0 Å². The summed E-state index contributed by atoms with van der Waals surface area (Å²) in [5.41, 5.74) is 0. The molecule has 3 N–H and O–H groups in total. The molecule has 0 saturated heterocycles. The van der Waals surface area contributed by atoms with Crippen LogP contribution in [0, 0.1) is 0 Å². The molecule has 1 aromatic heterocycles. The summed E-state index contributed by atoms with van der Waals surface area (Å²) >= 11 is 3.25. The van der Waals surface area contributed by atoms with Crippen LogP contribution in [0.1, 0.15) is 6.92 Å². The number of rotatable bonds is 4. The Morgan fingerprint density at radius 3 is 2.73 bits per heavy atom. The van der Waals surface area contributed by atoms with Gasteiger partial charge in [0, 0.05) is 17.2 Å². The van der Waals surface area contributed by atoms with Gasteiger partial charge in [-0.2, -0.15) is 0 Å². The molecule has 0 radical (unpaired) electrons. The summed E-state index contributed by atoms with van der Waals surface area (Å²) in [7, 11) is -3.48. The third kappa shape index (κ3) is 4.15. The summed E-state index contributed by atoms with van der Waals surface area (Å²) in [5.74, 6) is 0.619. The lowest BCUT2D eigenvalue weighted by molar-refractivity contribution is 0.587. The Hall–Kier alpha value is -0.660. The highest BCUT2D eigenvalue weighted by atomic mass is 79.9. The van der Waals surface area contributed by atoms with E-state index in [9.17, 15) is 8.42 Å². The molecule has 0 aliphatic heterocycles. The van der Waals surface area contributed by atoms with Crippen LogP contribution >= 0.6 is 15.9 Å². The minimum absolute atomic E-state index is 0.244. The summed E-state index contributed by atoms with van der Waals surface area (Å²) in [5, 5.41) is 7.22. The Kier molecular flexibility index (Phi) is 4.06. The minimum Gasteiger partial charge on any atom is -0.369 e. The smallest absolute Gasteiger partial charge is 0.213 e. The average molecular weight is 294 g/mol. The van der Waals surface area contributed by atoms with Gasteiger partial charge in [0.25, 0.3) is 0 Å². The van der Waals surface area contributed by atoms with Crippen molar-refractivity contribution in [2.45, 2.75) is 12.2 Å². The number of sulfonamides is 1. The number of nitrogens with two attached hydrogens (primary N) is 1. The fourth-order valence-corrected chi connectivity index (χ4v) is 1.40. The Bertz CT molecular complexity index is 418. The molecule has 0 bridgehead atoms. The van der Waals surface area contributed by atoms with Crippen molar-refractivity contribution in [1.82, 2.24) is 4.98 Å². The maximum atomic E-state index is 10.9. The maximum absolute atomic E-state index is 10.9. The van der Waals surface area contributed by atoms with Crippen molar-refractivity contribution in [1.29, 1.82) is 0 Å². The fourth-order valence-electron chi connectivity index (χ4n) is 0.845. The molecule has 0 saturated carbocycles. The zero-order chi connectivity index (χ0) is 11.5. The molecule has 0 aliphatic carbocycles. The van der Waals surface area contributed by atoms with Gasteiger partial charge < -0.3 is 5.32 Å². The van der Waals surface area contributed by atoms with Gasteiger partial charge in [-0.05, 0) is 35.0 Å². The Morgan fingerprint density at radius 2 is 2.27 bits per heavy atom. The van der Waals surface area contributed by atoms with Crippen LogP contribution in [0.5, 0.6) is 0 Å². The van der Waals surface area contributed by atoms with E-state index in [0.29, 0.717) is 5.82 Å². The van der Waals surface area contributed by atoms with Crippen LogP contribution in [-0.4, -0.2) is 25.2 Å². The number of hydrogen-bond donors (Lipinski definition) is 2. The summed E-state index contributed by atoms with van der Waals surface area (Å²) in [4.78, 5) is 4.04. The quantitative estimate of drug-likeness (QED) is 0.865. The molecule has 1 aromatic rings. The van der Waals surface area contributed by atoms with Crippen LogP contribution in [0.15, 0.2) is 22.8 Å². The second-order valence-electron chi connectivity index (χ2n) is 3.14. The van der Waals surface area contributed by atoms with Crippen molar-refractivity contribution < 1.29 is 8.42 Å². The van der Waals surface area contributed by atoms with E-state index in [-0.39, 0.29) is 6.54 Å². The SMILES string of the molecule is CC(CNc1ccc(Br)cn1)S(N)(=O)=O. The lowest BCUT2D eigenvalue weighted by Gasteiger charge is -2.10. The zero-order valence-electron chi connectivity index (χ0n) is 8.14. The number of pyridine rings is 1. The first-order valence-corrected chi connectivity index (χ1v) is 6.67. The molecule has 15 heavy (non-hydrogen) atoms. The van der Waals surface area contributed by atoms with E-state index in [0.717, 1.165) is 4.47 Å². The van der Waals surface area contributed by atoms with Gasteiger partial charge in [0.2, 0.25) is 10.0 Å². The molecule has 1 heterocycles. The zero-order valence-corrected chi connectivity index (χ0v) is 10.5. The molecule has 7 heteroatoms. The third-order valence-electron chi connectivity index (χ3n) is 1.86. The molecular formula is C8H12BrN3O2S. The van der Waals surface area contributed by atoms with Gasteiger partial charge in [-0.25, -0.2) is 18.5 Å². The van der Waals surface area contributed by atoms with E-state index in [2.05, 4.69) is 26.2 Å². The topological polar surface area (TPSA) is 85.1 Å². The van der Waals surface area contributed by atoms with E-state index < -0.39 is 15.3 Å². The predicted octanol–water partition coefficient (Wildman–Crippen LogP) is 0.933. The highest BCUT2D eigenvalue weighted by Crippen LogP contribution is 2.10. The number of primary sulfonamides is 1. The van der Waals surface area contributed by atoms with E-state index in [1.54, 1.807) is 19.2 Å². The summed E-state index contributed by atoms with van der Waals surface area (Å²) in [6.45, 7) is 1.79. The summed E-state index contributed by atoms with van der Waals surface area (Å²) < 4.78 is 22.7. The second-order valence-corrected chi connectivity index (χ2v) is 6.04. The van der Waals surface area contributed by atoms with E-state index in [4.69, 9.17) is 5.14 Å². The van der Waals surface area contributed by atoms with Crippen molar-refractivity contribution in [3.63, 3.8) is 0 Å². The van der Waals surface area contributed by atoms with Gasteiger partial charge in [0.15, 0.2) is 0 Å². The van der Waals surface area contributed by atoms with E-state index >= 15 is 0 Å². The first-order valence-electron chi connectivity index (χ1n) is 4.26. The van der Waals surface area contributed by atoms with Crippen LogP contribution in [-0.2, 0) is 10.0 Å². The first kappa shape index (κ1) is 12.4. The fraction of sp³-hybridized carbons (Fsp3) is 0.375. The summed E-state index contributed by atoms with van der Waals surface area (Å²) in [6, 6.07) is 3.57. The number of hydrogen-bond acceptors (Lipinski definition) is 4. The molecule has 1 atom stereocenters. The van der Waals surface area contributed by atoms with Gasteiger partial charge in [-0.3, -0.25) is 0 Å². The van der Waals surface area contributed by atoms with E-state index in [1.165, 1.54) is 0 Å². The average Bonchev–Trinajstić information content (AvgIpc) is 2.15. The van der Waals surface area contributed by atoms with Gasteiger partial charge in [0.05, 0.1) is 5.25 Å². The molecule has 0 aromatic carbocycles. The number of aromatic nitrogens is 1. The van der Waals surface area contributed by atoms with Gasteiger partial charge in [-0.15, -0.1) is 0 Å². The first-order chi connectivity index (χ1) is 6.89. The molecule has 1 rings (SSSR count). The molecule has 84 valence electrons. The van der Waals surface area contributed by atoms with Crippen molar-refractivity contribution in [2.75, 3.05) is 11.9 Å². The van der Waals surface area contributed by atoms with Crippen LogP contribution < -0.4 is 10.5 Å². The van der Waals surface area contributed by atoms with E-state index in [1.807, 2.05) is 6.07 Å². The molecule has 0 fully saturated rings. The number of halogens is 1. The molecule has 0 amide bonds. The molecular weight excluding hydrogens is 282 g/mol. The largest absolute Gasteiger partial charge is 0.369 e. The second kappa shape index (κ2) is 4.91. The lowest BCUT2D eigenvalue weighted by Crippen LogP contribution is -2.31. The Balaban J connectivity index is 2.55. The maximum Gasteiger partial charge on any atom is 0.213 e. The van der Waals surface area contributed by atoms with Crippen molar-refractivity contribution >= 4 is 31.8 Å². The van der Waals surface area contributed by atoms with Crippen LogP contribution in [0.2, 0.25) is 0 Å². The van der Waals surface area contributed by atoms with Crippen LogP contribution in [0.3, 0.4) is 0 Å². The molecule has 0 spiro atoms. The monoisotopic (exact) mass is 293 g/mol. The van der Waals surface area contributed by atoms with Gasteiger partial charge in [0.1, 0.15) is 5.82 Å². The van der Waals surface area contributed by atoms with Crippen LogP contribution in [0.4, 0.5) is 5.82 Å². The van der Waals surface area contributed by atoms with Crippen molar-refractivity contribution in [3.05, 3.63) is 22.8 Å². The number of nitrogens with one attached hydrogen (secondary N) is 1. The number of anilines is 1. The summed E-state index contributed by atoms with van der Waals surface area (Å²) in [6.07, 6.45) is 1.63. The molecule has 0 aliphatic rings. The number of nitrogens with zero attached hydrogens (tertiary/aromatic N) is 1. The van der Waals surface area contributed by atoms with Gasteiger partial charge >= 0.3 is 0 Å². The minimum atomic E-state index is -3.48. The van der Waals surface area contributed by atoms with Gasteiger partial charge in [-0.1, -0.05) is 0 Å². The normalized spacial score (nSPS) is 13.5. The standard InChI is InChI=1S/C8H12BrN3O2S/c1-6(15(10,13)14)4-11-8-3-2-7(9)5-12-8/h2-3,5-6H,4H2,1H3,(H,11,12)(H2,10,13,14). The Morgan fingerprint density at radius 1 is 1.60 bits per heavy atom. The molecule has 1 unspecified atom stereocenters. The molecule has 5 nitrogen and oxygen atoms in total. The van der Waals surface area contributed by atoms with Crippen LogP contribution in [0.25, 0.3) is 0 Å². The Labute approximate surface area is 97.3 Å². The van der Waals surface area contributed by atoms with Crippen molar-refractivity contribution in [2.24, 2.45) is 5.14 Å². The highest BCUT2D eigenvalue weighted by molar-refractivity contribution is 9.10. The highest BCUT2D eigenvalue weighted by Gasteiger charge is 2.14. The predicted molar refractivity (Wildman–Crippen MR) is 63.0 cm³/mol.